The highest BCUT2D eigenvalue weighted by molar-refractivity contribution is 6.00. The highest BCUT2D eigenvalue weighted by Crippen LogP contribution is 2.32. The van der Waals surface area contributed by atoms with Crippen LogP contribution in [-0.4, -0.2) is 30.9 Å². The van der Waals surface area contributed by atoms with Gasteiger partial charge in [-0.1, -0.05) is 6.42 Å². The molecule has 0 aromatic heterocycles. The summed E-state index contributed by atoms with van der Waals surface area (Å²) in [6, 6.07) is 5.40. The van der Waals surface area contributed by atoms with Gasteiger partial charge < -0.3 is 21.7 Å². The number of nitrogens with one attached hydrogen (secondary N) is 1. The van der Waals surface area contributed by atoms with Crippen molar-refractivity contribution < 1.29 is 9.59 Å². The van der Waals surface area contributed by atoms with Crippen molar-refractivity contribution in [1.29, 1.82) is 0 Å². The summed E-state index contributed by atoms with van der Waals surface area (Å²) < 4.78 is 0. The van der Waals surface area contributed by atoms with Gasteiger partial charge in [-0.2, -0.15) is 0 Å². The Hall–Kier alpha value is -2.08. The molecular weight excluding hydrogens is 304 g/mol. The summed E-state index contributed by atoms with van der Waals surface area (Å²) in [6.45, 7) is 1.93. The minimum Gasteiger partial charge on any atom is -0.370 e. The molecule has 3 rings (SSSR count). The molecule has 1 aromatic carbocycles. The molecule has 0 radical (unpaired) electrons. The molecule has 1 aromatic rings. The summed E-state index contributed by atoms with van der Waals surface area (Å²) in [5.41, 5.74) is 13.4. The fourth-order valence-electron chi connectivity index (χ4n) is 3.72. The molecule has 2 fully saturated rings. The molecule has 5 N–H and O–H groups in total. The summed E-state index contributed by atoms with van der Waals surface area (Å²) in [5, 5.41) is 3.03. The number of benzene rings is 1. The van der Waals surface area contributed by atoms with E-state index in [1.54, 1.807) is 12.1 Å². The predicted molar refractivity (Wildman–Crippen MR) is 95.0 cm³/mol. The molecular formula is C18H26N4O2. The van der Waals surface area contributed by atoms with E-state index in [1.807, 2.05) is 6.07 Å². The van der Waals surface area contributed by atoms with Gasteiger partial charge in [0.25, 0.3) is 0 Å². The summed E-state index contributed by atoms with van der Waals surface area (Å²) in [4.78, 5) is 26.4. The second kappa shape index (κ2) is 7.21. The third-order valence-electron chi connectivity index (χ3n) is 5.07. The van der Waals surface area contributed by atoms with Crippen molar-refractivity contribution in [3.8, 4) is 0 Å². The molecule has 6 nitrogen and oxygen atoms in total. The number of nitrogens with zero attached hydrogens (tertiary/aromatic N) is 1. The zero-order valence-electron chi connectivity index (χ0n) is 14.0. The Morgan fingerprint density at radius 1 is 1.12 bits per heavy atom. The Bertz CT molecular complexity index is 625. The van der Waals surface area contributed by atoms with E-state index in [-0.39, 0.29) is 17.9 Å². The van der Waals surface area contributed by atoms with E-state index < -0.39 is 5.91 Å². The van der Waals surface area contributed by atoms with E-state index in [0.717, 1.165) is 57.3 Å². The first-order valence-electron chi connectivity index (χ1n) is 8.80. The number of primary amides is 1. The van der Waals surface area contributed by atoms with Crippen LogP contribution in [0.1, 0.15) is 48.9 Å². The lowest BCUT2D eigenvalue weighted by Gasteiger charge is -2.27. The molecule has 1 heterocycles. The van der Waals surface area contributed by atoms with Crippen LogP contribution in [0.5, 0.6) is 0 Å². The first-order valence-corrected chi connectivity index (χ1v) is 8.80. The Morgan fingerprint density at radius 3 is 2.54 bits per heavy atom. The van der Waals surface area contributed by atoms with Crippen molar-refractivity contribution in [3.63, 3.8) is 0 Å². The van der Waals surface area contributed by atoms with Crippen molar-refractivity contribution >= 4 is 23.2 Å². The lowest BCUT2D eigenvalue weighted by molar-refractivity contribution is -0.120. The number of amides is 2. The topological polar surface area (TPSA) is 101 Å². The van der Waals surface area contributed by atoms with Crippen LogP contribution in [0.25, 0.3) is 0 Å². The molecule has 24 heavy (non-hydrogen) atoms. The Kier molecular flexibility index (Phi) is 5.04. The average molecular weight is 330 g/mol. The van der Waals surface area contributed by atoms with Crippen LogP contribution in [0, 0.1) is 5.92 Å². The third kappa shape index (κ3) is 3.70. The van der Waals surface area contributed by atoms with Crippen molar-refractivity contribution in [2.45, 2.75) is 44.6 Å². The highest BCUT2D eigenvalue weighted by Gasteiger charge is 2.26. The molecule has 2 atom stereocenters. The minimum absolute atomic E-state index is 0.00721. The monoisotopic (exact) mass is 330 g/mol. The van der Waals surface area contributed by atoms with Gasteiger partial charge in [-0.3, -0.25) is 9.59 Å². The van der Waals surface area contributed by atoms with E-state index in [2.05, 4.69) is 10.2 Å². The smallest absolute Gasteiger partial charge is 0.248 e. The van der Waals surface area contributed by atoms with E-state index in [9.17, 15) is 9.59 Å². The Balaban J connectivity index is 1.82. The molecule has 0 bridgehead atoms. The van der Waals surface area contributed by atoms with Crippen molar-refractivity contribution in [1.82, 2.24) is 0 Å². The first kappa shape index (κ1) is 16.8. The quantitative estimate of drug-likeness (QED) is 0.784. The molecule has 1 saturated carbocycles. The maximum atomic E-state index is 12.7. The number of carbonyl (C=O) groups excluding carboxylic acids is 2. The van der Waals surface area contributed by atoms with Gasteiger partial charge in [0.1, 0.15) is 0 Å². The zero-order valence-corrected chi connectivity index (χ0v) is 14.0. The minimum atomic E-state index is -0.488. The van der Waals surface area contributed by atoms with Crippen LogP contribution < -0.4 is 21.7 Å². The number of carbonyl (C=O) groups is 2. The molecule has 1 aliphatic heterocycles. The maximum absolute atomic E-state index is 12.7. The predicted octanol–water partition coefficient (Wildman–Crippen LogP) is 1.84. The van der Waals surface area contributed by atoms with Gasteiger partial charge >= 0.3 is 0 Å². The van der Waals surface area contributed by atoms with Crippen molar-refractivity contribution in [3.05, 3.63) is 23.8 Å². The van der Waals surface area contributed by atoms with Crippen LogP contribution in [0.3, 0.4) is 0 Å². The van der Waals surface area contributed by atoms with Gasteiger partial charge in [-0.05, 0) is 50.3 Å². The van der Waals surface area contributed by atoms with Crippen LogP contribution in [0.2, 0.25) is 0 Å². The molecule has 130 valence electrons. The SMILES string of the molecule is NC(=O)c1ccc(N2CCCC2)c(NC(=O)C2CCCC(N)C2)c1. The number of hydrogen-bond acceptors (Lipinski definition) is 4. The second-order valence-corrected chi connectivity index (χ2v) is 6.90. The van der Waals surface area contributed by atoms with Crippen LogP contribution >= 0.6 is 0 Å². The molecule has 0 spiro atoms. The maximum Gasteiger partial charge on any atom is 0.248 e. The molecule has 2 aliphatic rings. The number of nitrogens with two attached hydrogens (primary N) is 2. The van der Waals surface area contributed by atoms with E-state index in [4.69, 9.17) is 11.5 Å². The number of rotatable bonds is 4. The normalized spacial score (nSPS) is 24.0. The largest absolute Gasteiger partial charge is 0.370 e. The summed E-state index contributed by atoms with van der Waals surface area (Å²) in [5.74, 6) is -0.553. The van der Waals surface area contributed by atoms with Gasteiger partial charge in [0.15, 0.2) is 0 Å². The number of hydrogen-bond donors (Lipinski definition) is 3. The van der Waals surface area contributed by atoms with E-state index in [1.165, 1.54) is 0 Å². The van der Waals surface area contributed by atoms with Gasteiger partial charge in [-0.15, -0.1) is 0 Å². The molecule has 6 heteroatoms. The van der Waals surface area contributed by atoms with Crippen LogP contribution in [-0.2, 0) is 4.79 Å². The molecule has 1 aliphatic carbocycles. The van der Waals surface area contributed by atoms with E-state index >= 15 is 0 Å². The zero-order chi connectivity index (χ0) is 17.1. The Morgan fingerprint density at radius 2 is 1.88 bits per heavy atom. The van der Waals surface area contributed by atoms with E-state index in [0.29, 0.717) is 11.3 Å². The van der Waals surface area contributed by atoms with Gasteiger partial charge in [0.2, 0.25) is 11.8 Å². The van der Waals surface area contributed by atoms with Gasteiger partial charge in [0.05, 0.1) is 11.4 Å². The van der Waals surface area contributed by atoms with Gasteiger partial charge in [0, 0.05) is 30.6 Å². The Labute approximate surface area is 142 Å². The highest BCUT2D eigenvalue weighted by atomic mass is 16.2. The van der Waals surface area contributed by atoms with Crippen LogP contribution in [0.4, 0.5) is 11.4 Å². The summed E-state index contributed by atoms with van der Waals surface area (Å²) in [7, 11) is 0. The average Bonchev–Trinajstić information content (AvgIpc) is 3.09. The standard InChI is InChI=1S/C18H26N4O2/c19-14-5-3-4-13(10-14)18(24)21-15-11-12(17(20)23)6-7-16(15)22-8-1-2-9-22/h6-7,11,13-14H,1-5,8-10,19H2,(H2,20,23)(H,21,24). The van der Waals surface area contributed by atoms with Gasteiger partial charge in [-0.25, -0.2) is 0 Å². The molecule has 2 amide bonds. The molecule has 1 saturated heterocycles. The summed E-state index contributed by atoms with van der Waals surface area (Å²) >= 11 is 0. The second-order valence-electron chi connectivity index (χ2n) is 6.90. The third-order valence-corrected chi connectivity index (χ3v) is 5.07. The lowest BCUT2D eigenvalue weighted by atomic mass is 9.85. The fraction of sp³-hybridized carbons (Fsp3) is 0.556. The molecule has 2 unspecified atom stereocenters. The van der Waals surface area contributed by atoms with Crippen LogP contribution in [0.15, 0.2) is 18.2 Å². The van der Waals surface area contributed by atoms with Crippen molar-refractivity contribution in [2.75, 3.05) is 23.3 Å². The summed E-state index contributed by atoms with van der Waals surface area (Å²) in [6.07, 6.45) is 5.85. The lowest BCUT2D eigenvalue weighted by Crippen LogP contribution is -2.34. The van der Waals surface area contributed by atoms with Crippen molar-refractivity contribution in [2.24, 2.45) is 17.4 Å². The fourth-order valence-corrected chi connectivity index (χ4v) is 3.72. The number of anilines is 2. The first-order chi connectivity index (χ1) is 11.5.